The van der Waals surface area contributed by atoms with Gasteiger partial charge in [0.2, 0.25) is 0 Å². The molecule has 0 bridgehead atoms. The molecule has 9 heteroatoms. The first-order chi connectivity index (χ1) is 19.5. The number of rotatable bonds is 8. The van der Waals surface area contributed by atoms with E-state index in [9.17, 15) is 4.79 Å². The Morgan fingerprint density at radius 2 is 1.75 bits per heavy atom. The molecule has 7 nitrogen and oxygen atoms in total. The zero-order chi connectivity index (χ0) is 27.6. The van der Waals surface area contributed by atoms with Crippen molar-refractivity contribution >= 4 is 51.3 Å². The molecule has 0 unspecified atom stereocenters. The lowest BCUT2D eigenvalue weighted by molar-refractivity contribution is -0.122. The van der Waals surface area contributed by atoms with Crippen LogP contribution >= 0.6 is 24.0 Å². The summed E-state index contributed by atoms with van der Waals surface area (Å²) in [6.07, 6.45) is 4.38. The van der Waals surface area contributed by atoms with E-state index in [1.165, 1.54) is 11.8 Å². The fourth-order valence-corrected chi connectivity index (χ4v) is 5.91. The molecular weight excluding hydrogens is 542 g/mol. The van der Waals surface area contributed by atoms with Gasteiger partial charge in [-0.15, -0.1) is 0 Å². The average molecular weight is 568 g/mol. The quantitative estimate of drug-likeness (QED) is 0.152. The van der Waals surface area contributed by atoms with Crippen molar-refractivity contribution in [2.24, 2.45) is 0 Å². The molecule has 200 valence electrons. The molecule has 2 aromatic heterocycles. The number of thiocarbonyl (C=S) groups is 1. The number of nitrogens with zero attached hydrogens (tertiary/aromatic N) is 3. The van der Waals surface area contributed by atoms with E-state index in [4.69, 9.17) is 31.2 Å². The van der Waals surface area contributed by atoms with Gasteiger partial charge in [-0.2, -0.15) is 5.10 Å². The number of thioether (sulfide) groups is 1. The topological polar surface area (TPSA) is 69.7 Å². The number of para-hydroxylation sites is 2. The second kappa shape index (κ2) is 11.0. The predicted molar refractivity (Wildman–Crippen MR) is 162 cm³/mol. The van der Waals surface area contributed by atoms with E-state index in [1.54, 1.807) is 23.8 Å². The van der Waals surface area contributed by atoms with Crippen molar-refractivity contribution in [3.63, 3.8) is 0 Å². The van der Waals surface area contributed by atoms with Crippen molar-refractivity contribution in [2.45, 2.75) is 6.42 Å². The molecule has 0 aliphatic carbocycles. The number of carbonyl (C=O) groups is 1. The molecule has 0 atom stereocenters. The van der Waals surface area contributed by atoms with E-state index >= 15 is 0 Å². The summed E-state index contributed by atoms with van der Waals surface area (Å²) in [5.74, 6) is 1.82. The Morgan fingerprint density at radius 1 is 0.975 bits per heavy atom. The molecule has 1 aliphatic rings. The third-order valence-electron chi connectivity index (χ3n) is 6.65. The molecule has 3 aromatic carbocycles. The molecule has 0 saturated carbocycles. The van der Waals surface area contributed by atoms with Crippen molar-refractivity contribution in [2.75, 3.05) is 20.8 Å². The monoisotopic (exact) mass is 567 g/mol. The normalized spacial score (nSPS) is 14.4. The molecule has 6 rings (SSSR count). The summed E-state index contributed by atoms with van der Waals surface area (Å²) in [7, 11) is 3.21. The van der Waals surface area contributed by atoms with Crippen molar-refractivity contribution in [1.29, 1.82) is 0 Å². The fourth-order valence-electron chi connectivity index (χ4n) is 4.61. The Morgan fingerprint density at radius 3 is 2.52 bits per heavy atom. The van der Waals surface area contributed by atoms with Crippen LogP contribution in [-0.4, -0.2) is 45.7 Å². The summed E-state index contributed by atoms with van der Waals surface area (Å²) in [5, 5.41) is 5.83. The van der Waals surface area contributed by atoms with Crippen molar-refractivity contribution in [3.8, 4) is 28.6 Å². The number of amides is 1. The summed E-state index contributed by atoms with van der Waals surface area (Å²) >= 11 is 6.91. The van der Waals surface area contributed by atoms with Crippen LogP contribution in [0.25, 0.3) is 34.2 Å². The average Bonchev–Trinajstić information content (AvgIpc) is 3.68. The highest BCUT2D eigenvalue weighted by Crippen LogP contribution is 2.36. The number of hydrogen-bond acceptors (Lipinski definition) is 7. The number of carbonyl (C=O) groups excluding carboxylic acids is 1. The molecule has 1 fully saturated rings. The Bertz CT molecular complexity index is 1720. The number of hydrogen-bond donors (Lipinski definition) is 0. The van der Waals surface area contributed by atoms with Gasteiger partial charge in [-0.1, -0.05) is 66.4 Å². The molecule has 0 radical (unpaired) electrons. The Hall–Kier alpha value is -4.34. The van der Waals surface area contributed by atoms with Crippen LogP contribution in [0.15, 0.2) is 94.4 Å². The SMILES string of the molecule is COc1ccc(CCN2C(=O)C(=Cc3cn(-c4ccccc4)nc3-c3cc4ccccc4o3)SC2=S)cc1OC. The van der Waals surface area contributed by atoms with E-state index < -0.39 is 0 Å². The molecule has 1 aliphatic heterocycles. The van der Waals surface area contributed by atoms with Crippen LogP contribution in [0.1, 0.15) is 11.1 Å². The molecule has 40 heavy (non-hydrogen) atoms. The minimum Gasteiger partial charge on any atom is -0.493 e. The smallest absolute Gasteiger partial charge is 0.266 e. The first kappa shape index (κ1) is 25.9. The maximum absolute atomic E-state index is 13.5. The van der Waals surface area contributed by atoms with Crippen molar-refractivity contribution in [3.05, 3.63) is 101 Å². The van der Waals surface area contributed by atoms with E-state index in [2.05, 4.69) is 0 Å². The summed E-state index contributed by atoms with van der Waals surface area (Å²) in [5.41, 5.74) is 4.12. The number of furan rings is 1. The van der Waals surface area contributed by atoms with Crippen LogP contribution in [0.4, 0.5) is 0 Å². The van der Waals surface area contributed by atoms with Crippen LogP contribution in [-0.2, 0) is 11.2 Å². The van der Waals surface area contributed by atoms with Gasteiger partial charge < -0.3 is 13.9 Å². The van der Waals surface area contributed by atoms with Gasteiger partial charge in [-0.05, 0) is 54.5 Å². The molecule has 0 N–H and O–H groups in total. The lowest BCUT2D eigenvalue weighted by atomic mass is 10.1. The summed E-state index contributed by atoms with van der Waals surface area (Å²) < 4.78 is 19.2. The van der Waals surface area contributed by atoms with E-state index in [0.717, 1.165) is 27.8 Å². The fraction of sp³-hybridized carbons (Fsp3) is 0.129. The molecule has 1 amide bonds. The van der Waals surface area contributed by atoms with Gasteiger partial charge in [0.15, 0.2) is 17.3 Å². The molecule has 3 heterocycles. The van der Waals surface area contributed by atoms with Crippen LogP contribution in [0, 0.1) is 0 Å². The molecular formula is C31H25N3O4S2. The van der Waals surface area contributed by atoms with Crippen LogP contribution in [0.3, 0.4) is 0 Å². The highest BCUT2D eigenvalue weighted by Gasteiger charge is 2.32. The first-order valence-corrected chi connectivity index (χ1v) is 13.9. The number of ether oxygens (including phenoxy) is 2. The second-order valence-corrected chi connectivity index (χ2v) is 10.8. The number of benzene rings is 3. The molecule has 5 aromatic rings. The number of fused-ring (bicyclic) bond motifs is 1. The van der Waals surface area contributed by atoms with Gasteiger partial charge in [-0.3, -0.25) is 9.69 Å². The van der Waals surface area contributed by atoms with Gasteiger partial charge >= 0.3 is 0 Å². The van der Waals surface area contributed by atoms with Crippen LogP contribution in [0.2, 0.25) is 0 Å². The highest BCUT2D eigenvalue weighted by molar-refractivity contribution is 8.26. The first-order valence-electron chi connectivity index (χ1n) is 12.6. The molecule has 1 saturated heterocycles. The van der Waals surface area contributed by atoms with E-state index in [0.29, 0.717) is 45.1 Å². The minimum absolute atomic E-state index is 0.126. The minimum atomic E-state index is -0.126. The largest absolute Gasteiger partial charge is 0.493 e. The van der Waals surface area contributed by atoms with E-state index in [-0.39, 0.29) is 5.91 Å². The zero-order valence-corrected chi connectivity index (χ0v) is 23.5. The second-order valence-electron chi connectivity index (χ2n) is 9.13. The Balaban J connectivity index is 1.30. The van der Waals surface area contributed by atoms with Crippen molar-refractivity contribution in [1.82, 2.24) is 14.7 Å². The number of aromatic nitrogens is 2. The van der Waals surface area contributed by atoms with Gasteiger partial charge in [0.25, 0.3) is 5.91 Å². The Kier molecular flexibility index (Phi) is 7.15. The van der Waals surface area contributed by atoms with Crippen molar-refractivity contribution < 1.29 is 18.7 Å². The van der Waals surface area contributed by atoms with E-state index in [1.807, 2.05) is 91.1 Å². The maximum Gasteiger partial charge on any atom is 0.266 e. The number of methoxy groups -OCH3 is 2. The zero-order valence-electron chi connectivity index (χ0n) is 21.9. The predicted octanol–water partition coefficient (Wildman–Crippen LogP) is 6.75. The van der Waals surface area contributed by atoms with Gasteiger partial charge in [-0.25, -0.2) is 4.68 Å². The summed E-state index contributed by atoms with van der Waals surface area (Å²) in [6.45, 7) is 0.456. The highest BCUT2D eigenvalue weighted by atomic mass is 32.2. The summed E-state index contributed by atoms with van der Waals surface area (Å²) in [6, 6.07) is 25.4. The standard InChI is InChI=1S/C31H25N3O4S2/c1-36-25-13-12-20(16-26(25)37-2)14-15-33-30(35)28(40-31(33)39)18-22-19-34(23-9-4-3-5-10-23)32-29(22)27-17-21-8-6-7-11-24(21)38-27/h3-13,16-19H,14-15H2,1-2H3. The van der Waals surface area contributed by atoms with Crippen LogP contribution < -0.4 is 9.47 Å². The molecule has 0 spiro atoms. The lowest BCUT2D eigenvalue weighted by Crippen LogP contribution is -2.30. The Labute approximate surface area is 241 Å². The van der Waals surface area contributed by atoms with Gasteiger partial charge in [0.05, 0.1) is 24.8 Å². The summed E-state index contributed by atoms with van der Waals surface area (Å²) in [4.78, 5) is 15.7. The third-order valence-corrected chi connectivity index (χ3v) is 8.03. The van der Waals surface area contributed by atoms with Crippen LogP contribution in [0.5, 0.6) is 11.5 Å². The van der Waals surface area contributed by atoms with Gasteiger partial charge in [0.1, 0.15) is 15.6 Å². The lowest BCUT2D eigenvalue weighted by Gasteiger charge is -2.15. The maximum atomic E-state index is 13.5. The van der Waals surface area contributed by atoms with Gasteiger partial charge in [0, 0.05) is 23.7 Å². The third kappa shape index (κ3) is 5.01.